The molecule has 0 saturated heterocycles. The van der Waals surface area contributed by atoms with Gasteiger partial charge in [-0.15, -0.1) is 0 Å². The summed E-state index contributed by atoms with van der Waals surface area (Å²) in [7, 11) is 0. The number of aromatic nitrogens is 1. The molecule has 1 heterocycles. The van der Waals surface area contributed by atoms with Gasteiger partial charge in [-0.25, -0.2) is 0 Å². The van der Waals surface area contributed by atoms with Gasteiger partial charge in [0.05, 0.1) is 5.03 Å². The Bertz CT molecular complexity index is 644. The summed E-state index contributed by atoms with van der Waals surface area (Å²) in [6.45, 7) is 2.03. The minimum absolute atomic E-state index is 0. The largest absolute Gasteiger partial charge is 0.297 e. The Kier molecular flexibility index (Phi) is 13.7. The van der Waals surface area contributed by atoms with Crippen molar-refractivity contribution in [3.63, 3.8) is 0 Å². The standard InChI is InChI=1S/C14H13NO.C3H2Cl2O.CH4.B/c1-11-4-6-12(7-5-11)9-14(16)13-3-2-8-15-10-13;4-1-3(5)2-6;;/h2-8,10H,9H2,1H3;1-2H;1H4;/b;3-1-;;. The highest BCUT2D eigenvalue weighted by molar-refractivity contribution is 6.43. The minimum atomic E-state index is 0. The zero-order valence-corrected chi connectivity index (χ0v) is 14.1. The molecule has 0 fully saturated rings. The van der Waals surface area contributed by atoms with Gasteiger partial charge in [-0.3, -0.25) is 14.6 Å². The van der Waals surface area contributed by atoms with Gasteiger partial charge < -0.3 is 0 Å². The lowest BCUT2D eigenvalue weighted by Crippen LogP contribution is -2.03. The van der Waals surface area contributed by atoms with E-state index in [0.29, 0.717) is 18.3 Å². The first-order valence-electron chi connectivity index (χ1n) is 6.46. The number of Topliss-reactive ketones (excluding diaryl/α,β-unsaturated/α-hetero) is 1. The molecular formula is C18H19BCl2NO2. The lowest BCUT2D eigenvalue weighted by atomic mass is 10.0. The van der Waals surface area contributed by atoms with E-state index in [1.54, 1.807) is 24.5 Å². The number of pyridine rings is 1. The van der Waals surface area contributed by atoms with Crippen molar-refractivity contribution in [3.8, 4) is 0 Å². The fraction of sp³-hybridized carbons (Fsp3) is 0.167. The number of allylic oxidation sites excluding steroid dienone is 1. The molecule has 3 nitrogen and oxygen atoms in total. The van der Waals surface area contributed by atoms with Crippen LogP contribution in [0, 0.1) is 6.92 Å². The highest BCUT2D eigenvalue weighted by Gasteiger charge is 2.06. The summed E-state index contributed by atoms with van der Waals surface area (Å²) in [6.07, 6.45) is 4.18. The van der Waals surface area contributed by atoms with Crippen molar-refractivity contribution in [2.75, 3.05) is 0 Å². The molecule has 1 aromatic heterocycles. The highest BCUT2D eigenvalue weighted by Crippen LogP contribution is 2.08. The van der Waals surface area contributed by atoms with Gasteiger partial charge in [-0.2, -0.15) is 0 Å². The van der Waals surface area contributed by atoms with Crippen molar-refractivity contribution in [3.05, 3.63) is 76.0 Å². The van der Waals surface area contributed by atoms with Crippen LogP contribution in [0.15, 0.2) is 59.4 Å². The Morgan fingerprint density at radius 3 is 2.25 bits per heavy atom. The molecule has 6 heteroatoms. The normalized spacial score (nSPS) is 9.54. The monoisotopic (exact) mass is 362 g/mol. The lowest BCUT2D eigenvalue weighted by molar-refractivity contribution is -0.104. The van der Waals surface area contributed by atoms with Crippen LogP contribution in [0.2, 0.25) is 0 Å². The molecular weight excluding hydrogens is 344 g/mol. The van der Waals surface area contributed by atoms with Crippen LogP contribution in [0.4, 0.5) is 0 Å². The molecule has 125 valence electrons. The van der Waals surface area contributed by atoms with Gasteiger partial charge in [0.1, 0.15) is 0 Å². The summed E-state index contributed by atoms with van der Waals surface area (Å²) >= 11 is 9.94. The first kappa shape index (κ1) is 24.3. The fourth-order valence-corrected chi connectivity index (χ4v) is 1.60. The summed E-state index contributed by atoms with van der Waals surface area (Å²) in [5.74, 6) is 0.108. The molecule has 24 heavy (non-hydrogen) atoms. The summed E-state index contributed by atoms with van der Waals surface area (Å²) in [5, 5.41) is 0.0247. The van der Waals surface area contributed by atoms with Gasteiger partial charge in [0.15, 0.2) is 12.1 Å². The quantitative estimate of drug-likeness (QED) is 0.346. The topological polar surface area (TPSA) is 47.0 Å². The Morgan fingerprint density at radius 1 is 1.21 bits per heavy atom. The van der Waals surface area contributed by atoms with Crippen molar-refractivity contribution < 1.29 is 9.59 Å². The number of rotatable bonds is 4. The van der Waals surface area contributed by atoms with E-state index >= 15 is 0 Å². The number of hydrogen-bond acceptors (Lipinski definition) is 3. The SMILES string of the molecule is C.Cc1ccc(CC(=O)c2cccnc2)cc1.O=C/C(Cl)=C/Cl.[B]. The molecule has 1 aromatic carbocycles. The predicted molar refractivity (Wildman–Crippen MR) is 102 cm³/mol. The number of aldehydes is 1. The van der Waals surface area contributed by atoms with Gasteiger partial charge in [0.25, 0.3) is 0 Å². The van der Waals surface area contributed by atoms with Gasteiger partial charge >= 0.3 is 0 Å². The molecule has 0 aliphatic rings. The number of halogens is 2. The van der Waals surface area contributed by atoms with Gasteiger partial charge in [0.2, 0.25) is 0 Å². The molecule has 0 spiro atoms. The molecule has 0 saturated carbocycles. The van der Waals surface area contributed by atoms with Gasteiger partial charge in [-0.1, -0.05) is 60.5 Å². The van der Waals surface area contributed by atoms with Crippen LogP contribution in [-0.2, 0) is 11.2 Å². The van der Waals surface area contributed by atoms with Crippen molar-refractivity contribution in [1.82, 2.24) is 4.98 Å². The van der Waals surface area contributed by atoms with E-state index in [4.69, 9.17) is 23.2 Å². The Morgan fingerprint density at radius 2 is 1.83 bits per heavy atom. The average molecular weight is 363 g/mol. The highest BCUT2D eigenvalue weighted by atomic mass is 35.5. The molecule has 0 bridgehead atoms. The van der Waals surface area contributed by atoms with Crippen LogP contribution < -0.4 is 0 Å². The number of nitrogens with zero attached hydrogens (tertiary/aromatic N) is 1. The number of benzene rings is 1. The minimum Gasteiger partial charge on any atom is -0.297 e. The maximum absolute atomic E-state index is 11.9. The Balaban J connectivity index is 0. The van der Waals surface area contributed by atoms with Gasteiger partial charge in [0, 0.05) is 38.3 Å². The van der Waals surface area contributed by atoms with Crippen LogP contribution in [0.25, 0.3) is 0 Å². The summed E-state index contributed by atoms with van der Waals surface area (Å²) < 4.78 is 0. The second kappa shape index (κ2) is 13.5. The van der Waals surface area contributed by atoms with E-state index in [2.05, 4.69) is 4.98 Å². The summed E-state index contributed by atoms with van der Waals surface area (Å²) in [5.41, 5.74) is 3.93. The smallest absolute Gasteiger partial charge is 0.168 e. The predicted octanol–water partition coefficient (Wildman–Crippen LogP) is 4.58. The van der Waals surface area contributed by atoms with E-state index in [0.717, 1.165) is 11.1 Å². The first-order valence-corrected chi connectivity index (χ1v) is 7.28. The van der Waals surface area contributed by atoms with Crippen molar-refractivity contribution in [2.45, 2.75) is 20.8 Å². The Hall–Kier alpha value is -1.91. The van der Waals surface area contributed by atoms with E-state index in [1.165, 1.54) is 5.56 Å². The molecule has 0 unspecified atom stereocenters. The molecule has 0 atom stereocenters. The van der Waals surface area contributed by atoms with Crippen LogP contribution in [-0.4, -0.2) is 25.5 Å². The lowest BCUT2D eigenvalue weighted by Gasteiger charge is -2.01. The molecule has 0 aliphatic carbocycles. The first-order chi connectivity index (χ1) is 10.6. The van der Waals surface area contributed by atoms with Crippen molar-refractivity contribution in [2.24, 2.45) is 0 Å². The number of hydrogen-bond donors (Lipinski definition) is 0. The molecule has 2 rings (SSSR count). The van der Waals surface area contributed by atoms with Crippen LogP contribution in [0.3, 0.4) is 0 Å². The molecule has 3 radical (unpaired) electrons. The second-order valence-electron chi connectivity index (χ2n) is 4.44. The third-order valence-corrected chi connectivity index (χ3v) is 3.23. The second-order valence-corrected chi connectivity index (χ2v) is 5.09. The average Bonchev–Trinajstić information content (AvgIpc) is 2.57. The maximum atomic E-state index is 11.9. The fourth-order valence-electron chi connectivity index (χ4n) is 1.55. The van der Waals surface area contributed by atoms with Crippen LogP contribution in [0.5, 0.6) is 0 Å². The van der Waals surface area contributed by atoms with Crippen molar-refractivity contribution >= 4 is 43.7 Å². The third kappa shape index (κ3) is 9.28. The molecule has 0 amide bonds. The molecule has 0 N–H and O–H groups in total. The van der Waals surface area contributed by atoms with E-state index in [1.807, 2.05) is 31.2 Å². The summed E-state index contributed by atoms with van der Waals surface area (Å²) in [4.78, 5) is 25.3. The third-order valence-electron chi connectivity index (χ3n) is 2.69. The van der Waals surface area contributed by atoms with Crippen LogP contribution in [0.1, 0.15) is 28.9 Å². The summed E-state index contributed by atoms with van der Waals surface area (Å²) in [6, 6.07) is 11.6. The molecule has 0 aliphatic heterocycles. The number of aryl methyl sites for hydroxylation is 1. The van der Waals surface area contributed by atoms with E-state index in [-0.39, 0.29) is 26.7 Å². The maximum Gasteiger partial charge on any atom is 0.168 e. The van der Waals surface area contributed by atoms with Crippen LogP contribution >= 0.6 is 23.2 Å². The zero-order chi connectivity index (χ0) is 16.4. The van der Waals surface area contributed by atoms with Gasteiger partial charge in [-0.05, 0) is 24.6 Å². The molecule has 2 aromatic rings. The zero-order valence-electron chi connectivity index (χ0n) is 12.6. The van der Waals surface area contributed by atoms with Crippen molar-refractivity contribution in [1.29, 1.82) is 0 Å². The number of carbonyl (C=O) groups is 2. The number of carbonyl (C=O) groups excluding carboxylic acids is 2. The Labute approximate surface area is 155 Å². The van der Waals surface area contributed by atoms with E-state index in [9.17, 15) is 9.59 Å². The van der Waals surface area contributed by atoms with E-state index < -0.39 is 0 Å². The number of ketones is 1.